The summed E-state index contributed by atoms with van der Waals surface area (Å²) < 4.78 is 5.32. The molecule has 2 atom stereocenters. The molecule has 166 valence electrons. The first-order valence-corrected chi connectivity index (χ1v) is 11.8. The molecule has 0 amide bonds. The number of carbonyl (C=O) groups excluding carboxylic acids is 1. The van der Waals surface area contributed by atoms with Crippen molar-refractivity contribution in [3.05, 3.63) is 70.2 Å². The Labute approximate surface area is 190 Å². The summed E-state index contributed by atoms with van der Waals surface area (Å²) in [4.78, 5) is 13.0. The monoisotopic (exact) mass is 440 g/mol. The number of hydrogen-bond acceptors (Lipinski definition) is 3. The average molecular weight is 441 g/mol. The summed E-state index contributed by atoms with van der Waals surface area (Å²) in [5, 5.41) is 10.4. The van der Waals surface area contributed by atoms with Crippen molar-refractivity contribution in [3.8, 4) is 0 Å². The second kappa shape index (κ2) is 8.96. The maximum atomic E-state index is 13.0. The van der Waals surface area contributed by atoms with E-state index in [2.05, 4.69) is 37.3 Å². The molecule has 3 nitrogen and oxygen atoms in total. The van der Waals surface area contributed by atoms with Gasteiger partial charge in [-0.25, -0.2) is 0 Å². The van der Waals surface area contributed by atoms with E-state index >= 15 is 0 Å². The van der Waals surface area contributed by atoms with Crippen LogP contribution in [0.15, 0.2) is 48.5 Å². The number of carbonyl (C=O) groups is 1. The van der Waals surface area contributed by atoms with Gasteiger partial charge >= 0.3 is 5.97 Å². The van der Waals surface area contributed by atoms with Gasteiger partial charge in [-0.05, 0) is 91.0 Å². The van der Waals surface area contributed by atoms with E-state index in [-0.39, 0.29) is 23.9 Å². The summed E-state index contributed by atoms with van der Waals surface area (Å²) >= 11 is 6.22. The highest BCUT2D eigenvalue weighted by atomic mass is 35.5. The third kappa shape index (κ3) is 4.15. The van der Waals surface area contributed by atoms with Crippen LogP contribution in [0, 0.1) is 17.3 Å². The first-order chi connectivity index (χ1) is 14.9. The zero-order valence-electron chi connectivity index (χ0n) is 18.6. The highest BCUT2D eigenvalue weighted by Gasteiger charge is 2.53. The fourth-order valence-electron chi connectivity index (χ4n) is 6.29. The lowest BCUT2D eigenvalue weighted by Crippen LogP contribution is -2.45. The van der Waals surface area contributed by atoms with Crippen LogP contribution in [0.25, 0.3) is 0 Å². The maximum Gasteiger partial charge on any atom is 0.312 e. The first-order valence-electron chi connectivity index (χ1n) is 11.4. The Hall–Kier alpha value is -1.84. The Morgan fingerprint density at radius 3 is 2.58 bits per heavy atom. The molecule has 2 aliphatic rings. The Balaban J connectivity index is 1.64. The van der Waals surface area contributed by atoms with Crippen LogP contribution in [0.4, 0.5) is 0 Å². The largest absolute Gasteiger partial charge is 0.469 e. The summed E-state index contributed by atoms with van der Waals surface area (Å²) in [6.45, 7) is 2.36. The SMILES string of the molecule is COC(=O)C1(Cc2cccc(Cl)c2)CCC2(CC1)c1ccccc1C[C@@H]2C[C@@H](C)CO. The molecule has 0 bridgehead atoms. The molecular weight excluding hydrogens is 408 g/mol. The zero-order chi connectivity index (χ0) is 22.1. The predicted molar refractivity (Wildman–Crippen MR) is 124 cm³/mol. The Morgan fingerprint density at radius 1 is 1.16 bits per heavy atom. The fourth-order valence-corrected chi connectivity index (χ4v) is 6.51. The number of esters is 1. The van der Waals surface area contributed by atoms with Crippen LogP contribution in [0.1, 0.15) is 55.7 Å². The van der Waals surface area contributed by atoms with E-state index < -0.39 is 5.41 Å². The van der Waals surface area contributed by atoms with Gasteiger partial charge < -0.3 is 9.84 Å². The van der Waals surface area contributed by atoms with Crippen molar-refractivity contribution in [1.29, 1.82) is 0 Å². The molecule has 0 aliphatic heterocycles. The Bertz CT molecular complexity index is 930. The lowest BCUT2D eigenvalue weighted by molar-refractivity contribution is -0.156. The summed E-state index contributed by atoms with van der Waals surface area (Å²) in [5.74, 6) is 0.692. The van der Waals surface area contributed by atoms with Gasteiger partial charge in [0.2, 0.25) is 0 Å². The van der Waals surface area contributed by atoms with E-state index in [9.17, 15) is 9.90 Å². The molecule has 0 unspecified atom stereocenters. The molecule has 4 rings (SSSR count). The second-order valence-corrected chi connectivity index (χ2v) is 10.3. The third-order valence-electron chi connectivity index (χ3n) is 7.95. The van der Waals surface area contributed by atoms with Crippen LogP contribution in [0.5, 0.6) is 0 Å². The van der Waals surface area contributed by atoms with Crippen molar-refractivity contribution in [1.82, 2.24) is 0 Å². The van der Waals surface area contributed by atoms with Gasteiger partial charge in [0, 0.05) is 11.6 Å². The van der Waals surface area contributed by atoms with E-state index in [1.165, 1.54) is 18.2 Å². The summed E-state index contributed by atoms with van der Waals surface area (Å²) in [6.07, 6.45) is 6.32. The third-order valence-corrected chi connectivity index (χ3v) is 8.18. The molecular formula is C27H33ClO3. The topological polar surface area (TPSA) is 46.5 Å². The molecule has 2 aromatic carbocycles. The Morgan fingerprint density at radius 2 is 1.90 bits per heavy atom. The molecule has 2 aliphatic carbocycles. The number of fused-ring (bicyclic) bond motifs is 2. The van der Waals surface area contributed by atoms with Crippen LogP contribution in [0.3, 0.4) is 0 Å². The summed E-state index contributed by atoms with van der Waals surface area (Å²) in [7, 11) is 1.50. The molecule has 2 aromatic rings. The maximum absolute atomic E-state index is 13.0. The summed E-state index contributed by atoms with van der Waals surface area (Å²) in [6, 6.07) is 16.7. The molecule has 4 heteroatoms. The van der Waals surface area contributed by atoms with Gasteiger partial charge in [0.1, 0.15) is 0 Å². The highest BCUT2D eigenvalue weighted by molar-refractivity contribution is 6.30. The minimum atomic E-state index is -0.505. The second-order valence-electron chi connectivity index (χ2n) is 9.82. The number of hydrogen-bond donors (Lipinski definition) is 1. The van der Waals surface area contributed by atoms with Gasteiger partial charge in [-0.1, -0.05) is 54.9 Å². The van der Waals surface area contributed by atoms with Crippen LogP contribution < -0.4 is 0 Å². The molecule has 31 heavy (non-hydrogen) atoms. The average Bonchev–Trinajstić information content (AvgIpc) is 3.07. The molecule has 0 aromatic heterocycles. The van der Waals surface area contributed by atoms with Gasteiger partial charge in [-0.2, -0.15) is 0 Å². The van der Waals surface area contributed by atoms with E-state index in [1.807, 2.05) is 18.2 Å². The minimum absolute atomic E-state index is 0.0892. The van der Waals surface area contributed by atoms with E-state index in [0.717, 1.165) is 44.1 Å². The van der Waals surface area contributed by atoms with Crippen LogP contribution in [0.2, 0.25) is 5.02 Å². The lowest BCUT2D eigenvalue weighted by Gasteiger charge is -2.47. The smallest absolute Gasteiger partial charge is 0.312 e. The number of benzene rings is 2. The number of ether oxygens (including phenoxy) is 1. The molecule has 1 fully saturated rings. The number of aliphatic hydroxyl groups is 1. The molecule has 0 saturated heterocycles. The number of rotatable bonds is 6. The highest BCUT2D eigenvalue weighted by Crippen LogP contribution is 2.58. The predicted octanol–water partition coefficient (Wildman–Crippen LogP) is 5.74. The van der Waals surface area contributed by atoms with Gasteiger partial charge in [-0.15, -0.1) is 0 Å². The lowest BCUT2D eigenvalue weighted by atomic mass is 9.56. The number of methoxy groups -OCH3 is 1. The van der Waals surface area contributed by atoms with Crippen molar-refractivity contribution in [3.63, 3.8) is 0 Å². The van der Waals surface area contributed by atoms with E-state index in [0.29, 0.717) is 17.4 Å². The zero-order valence-corrected chi connectivity index (χ0v) is 19.3. The quantitative estimate of drug-likeness (QED) is 0.582. The molecule has 1 saturated carbocycles. The van der Waals surface area contributed by atoms with E-state index in [1.54, 1.807) is 0 Å². The van der Waals surface area contributed by atoms with Crippen LogP contribution in [-0.4, -0.2) is 24.8 Å². The number of aliphatic hydroxyl groups excluding tert-OH is 1. The van der Waals surface area contributed by atoms with Gasteiger partial charge in [0.25, 0.3) is 0 Å². The van der Waals surface area contributed by atoms with Gasteiger partial charge in [-0.3, -0.25) is 4.79 Å². The molecule has 1 spiro atoms. The van der Waals surface area contributed by atoms with Crippen molar-refractivity contribution >= 4 is 17.6 Å². The molecule has 0 radical (unpaired) electrons. The minimum Gasteiger partial charge on any atom is -0.469 e. The number of halogens is 1. The Kier molecular flexibility index (Phi) is 6.46. The van der Waals surface area contributed by atoms with Crippen molar-refractivity contribution < 1.29 is 14.6 Å². The van der Waals surface area contributed by atoms with Crippen molar-refractivity contribution in [2.45, 2.75) is 57.3 Å². The molecule has 0 heterocycles. The van der Waals surface area contributed by atoms with E-state index in [4.69, 9.17) is 16.3 Å². The standard InChI is InChI=1S/C27H33ClO3/c1-19(18-29)14-22-16-21-7-3-4-9-24(21)27(22)12-10-26(11-13-27,25(30)31-2)17-20-6-5-8-23(28)15-20/h3-9,15,19,22,29H,10-14,16-18H2,1-2H3/t19-,22+,26?,27?/m1/s1. The first kappa shape index (κ1) is 22.4. The molecule has 1 N–H and O–H groups in total. The fraction of sp³-hybridized carbons (Fsp3) is 0.519. The van der Waals surface area contributed by atoms with Crippen LogP contribution in [-0.2, 0) is 27.8 Å². The summed E-state index contributed by atoms with van der Waals surface area (Å²) in [5.41, 5.74) is 3.58. The van der Waals surface area contributed by atoms with Crippen molar-refractivity contribution in [2.75, 3.05) is 13.7 Å². The van der Waals surface area contributed by atoms with Gasteiger partial charge in [0.05, 0.1) is 12.5 Å². The van der Waals surface area contributed by atoms with Crippen molar-refractivity contribution in [2.24, 2.45) is 17.3 Å². The van der Waals surface area contributed by atoms with Gasteiger partial charge in [0.15, 0.2) is 0 Å². The van der Waals surface area contributed by atoms with Crippen LogP contribution >= 0.6 is 11.6 Å². The normalized spacial score (nSPS) is 28.3.